The molecule has 0 unspecified atom stereocenters. The van der Waals surface area contributed by atoms with E-state index in [2.05, 4.69) is 20.7 Å². The van der Waals surface area contributed by atoms with E-state index in [1.807, 2.05) is 0 Å². The summed E-state index contributed by atoms with van der Waals surface area (Å²) in [5.74, 6) is -0.855. The number of aromatic nitrogens is 3. The number of anilines is 2. The van der Waals surface area contributed by atoms with Crippen LogP contribution in [-0.2, 0) is 7.05 Å². The standard InChI is InChI=1S/C11H12FN5O/c1-13-10-9(12)7(3-5-14-10)11(18)15-8-4-6-17(2)16-8/h3-6H,1-2H3,(H,13,14)(H,15,16,18). The molecule has 0 saturated carbocycles. The molecule has 0 fully saturated rings. The average molecular weight is 249 g/mol. The fourth-order valence-electron chi connectivity index (χ4n) is 1.46. The highest BCUT2D eigenvalue weighted by Crippen LogP contribution is 2.15. The van der Waals surface area contributed by atoms with Crippen LogP contribution in [0.15, 0.2) is 24.5 Å². The van der Waals surface area contributed by atoms with Crippen LogP contribution in [0.3, 0.4) is 0 Å². The normalized spacial score (nSPS) is 10.2. The summed E-state index contributed by atoms with van der Waals surface area (Å²) in [6.45, 7) is 0. The molecular formula is C11H12FN5O. The lowest BCUT2D eigenvalue weighted by Gasteiger charge is -2.06. The molecule has 0 aliphatic carbocycles. The number of aryl methyl sites for hydroxylation is 1. The van der Waals surface area contributed by atoms with Crippen molar-refractivity contribution < 1.29 is 9.18 Å². The number of amides is 1. The van der Waals surface area contributed by atoms with Gasteiger partial charge in [-0.25, -0.2) is 9.37 Å². The van der Waals surface area contributed by atoms with E-state index in [0.717, 1.165) is 0 Å². The van der Waals surface area contributed by atoms with Gasteiger partial charge in [-0.3, -0.25) is 9.48 Å². The first-order chi connectivity index (χ1) is 8.61. The minimum absolute atomic E-state index is 0.0312. The Bertz CT molecular complexity index is 581. The number of pyridine rings is 1. The number of halogens is 1. The second-order valence-corrected chi connectivity index (χ2v) is 3.60. The molecule has 0 aliphatic rings. The Balaban J connectivity index is 2.24. The molecule has 7 heteroatoms. The minimum Gasteiger partial charge on any atom is -0.371 e. The van der Waals surface area contributed by atoms with Gasteiger partial charge < -0.3 is 10.6 Å². The van der Waals surface area contributed by atoms with Gasteiger partial charge in [-0.15, -0.1) is 0 Å². The lowest BCUT2D eigenvalue weighted by atomic mass is 10.2. The predicted octanol–water partition coefficient (Wildman–Crippen LogP) is 1.25. The number of nitrogens with zero attached hydrogens (tertiary/aromatic N) is 3. The molecule has 2 aromatic rings. The number of carbonyl (C=O) groups excluding carboxylic acids is 1. The first-order valence-electron chi connectivity index (χ1n) is 5.25. The van der Waals surface area contributed by atoms with Gasteiger partial charge in [-0.05, 0) is 6.07 Å². The number of hydrogen-bond acceptors (Lipinski definition) is 4. The number of nitrogens with one attached hydrogen (secondary N) is 2. The summed E-state index contributed by atoms with van der Waals surface area (Å²) in [5.41, 5.74) is -0.0833. The van der Waals surface area contributed by atoms with Crippen molar-refractivity contribution >= 4 is 17.5 Å². The second-order valence-electron chi connectivity index (χ2n) is 3.60. The van der Waals surface area contributed by atoms with E-state index in [1.54, 1.807) is 19.3 Å². The van der Waals surface area contributed by atoms with Crippen molar-refractivity contribution in [3.8, 4) is 0 Å². The topological polar surface area (TPSA) is 71.8 Å². The monoisotopic (exact) mass is 249 g/mol. The number of carbonyl (C=O) groups is 1. The van der Waals surface area contributed by atoms with Crippen LogP contribution in [0.1, 0.15) is 10.4 Å². The molecule has 0 spiro atoms. The first-order valence-corrected chi connectivity index (χ1v) is 5.25. The van der Waals surface area contributed by atoms with E-state index < -0.39 is 11.7 Å². The van der Waals surface area contributed by atoms with Gasteiger partial charge in [0.2, 0.25) is 0 Å². The Morgan fingerprint density at radius 3 is 2.83 bits per heavy atom. The van der Waals surface area contributed by atoms with Crippen molar-refractivity contribution in [2.75, 3.05) is 17.7 Å². The molecule has 0 aliphatic heterocycles. The smallest absolute Gasteiger partial charge is 0.260 e. The van der Waals surface area contributed by atoms with Crippen molar-refractivity contribution in [3.05, 3.63) is 35.9 Å². The van der Waals surface area contributed by atoms with Gasteiger partial charge in [0.25, 0.3) is 5.91 Å². The maximum atomic E-state index is 13.8. The molecule has 2 rings (SSSR count). The summed E-state index contributed by atoms with van der Waals surface area (Å²) < 4.78 is 15.4. The third kappa shape index (κ3) is 2.29. The third-order valence-corrected chi connectivity index (χ3v) is 2.33. The Morgan fingerprint density at radius 2 is 2.22 bits per heavy atom. The molecular weight excluding hydrogens is 237 g/mol. The van der Waals surface area contributed by atoms with Crippen molar-refractivity contribution in [3.63, 3.8) is 0 Å². The molecule has 2 N–H and O–H groups in total. The summed E-state index contributed by atoms with van der Waals surface area (Å²) in [4.78, 5) is 15.6. The number of rotatable bonds is 3. The van der Waals surface area contributed by atoms with E-state index in [0.29, 0.717) is 5.82 Å². The number of hydrogen-bond donors (Lipinski definition) is 2. The highest BCUT2D eigenvalue weighted by atomic mass is 19.1. The maximum Gasteiger partial charge on any atom is 0.260 e. The minimum atomic E-state index is -0.687. The van der Waals surface area contributed by atoms with Crippen molar-refractivity contribution in [2.24, 2.45) is 7.05 Å². The van der Waals surface area contributed by atoms with Gasteiger partial charge in [0.15, 0.2) is 17.5 Å². The van der Waals surface area contributed by atoms with Crippen LogP contribution >= 0.6 is 0 Å². The summed E-state index contributed by atoms with van der Waals surface area (Å²) in [6.07, 6.45) is 3.04. The van der Waals surface area contributed by atoms with Crippen molar-refractivity contribution in [1.29, 1.82) is 0 Å². The van der Waals surface area contributed by atoms with Gasteiger partial charge in [-0.1, -0.05) is 0 Å². The van der Waals surface area contributed by atoms with Gasteiger partial charge in [0.1, 0.15) is 0 Å². The van der Waals surface area contributed by atoms with Crippen LogP contribution in [0.2, 0.25) is 0 Å². The Hall–Kier alpha value is -2.44. The lowest BCUT2D eigenvalue weighted by Crippen LogP contribution is -2.15. The van der Waals surface area contributed by atoms with E-state index in [4.69, 9.17) is 0 Å². The molecule has 0 aromatic carbocycles. The fourth-order valence-corrected chi connectivity index (χ4v) is 1.46. The fraction of sp³-hybridized carbons (Fsp3) is 0.182. The van der Waals surface area contributed by atoms with Crippen LogP contribution in [0.4, 0.5) is 16.0 Å². The molecule has 94 valence electrons. The zero-order chi connectivity index (χ0) is 13.1. The van der Waals surface area contributed by atoms with Gasteiger partial charge in [-0.2, -0.15) is 5.10 Å². The predicted molar refractivity (Wildman–Crippen MR) is 64.9 cm³/mol. The average Bonchev–Trinajstić information content (AvgIpc) is 2.75. The van der Waals surface area contributed by atoms with Crippen LogP contribution in [0.25, 0.3) is 0 Å². The Morgan fingerprint density at radius 1 is 1.44 bits per heavy atom. The molecule has 1 amide bonds. The Labute approximate surface area is 103 Å². The largest absolute Gasteiger partial charge is 0.371 e. The molecule has 0 bridgehead atoms. The summed E-state index contributed by atoms with van der Waals surface area (Å²) >= 11 is 0. The second kappa shape index (κ2) is 4.82. The maximum absolute atomic E-state index is 13.8. The van der Waals surface area contributed by atoms with Crippen LogP contribution in [0.5, 0.6) is 0 Å². The quantitative estimate of drug-likeness (QED) is 0.858. The van der Waals surface area contributed by atoms with E-state index in [-0.39, 0.29) is 11.4 Å². The molecule has 0 saturated heterocycles. The summed E-state index contributed by atoms with van der Waals surface area (Å²) in [7, 11) is 3.26. The van der Waals surface area contributed by atoms with E-state index in [9.17, 15) is 9.18 Å². The zero-order valence-electron chi connectivity index (χ0n) is 9.94. The molecule has 6 nitrogen and oxygen atoms in total. The van der Waals surface area contributed by atoms with Gasteiger partial charge >= 0.3 is 0 Å². The summed E-state index contributed by atoms with van der Waals surface area (Å²) in [6, 6.07) is 2.93. The van der Waals surface area contributed by atoms with Crippen LogP contribution in [-0.4, -0.2) is 27.7 Å². The third-order valence-electron chi connectivity index (χ3n) is 2.33. The molecule has 0 radical (unpaired) electrons. The highest BCUT2D eigenvalue weighted by molar-refractivity contribution is 6.04. The van der Waals surface area contributed by atoms with Crippen LogP contribution in [0, 0.1) is 5.82 Å². The lowest BCUT2D eigenvalue weighted by molar-refractivity contribution is 0.102. The van der Waals surface area contributed by atoms with Gasteiger partial charge in [0, 0.05) is 32.6 Å². The van der Waals surface area contributed by atoms with Crippen molar-refractivity contribution in [1.82, 2.24) is 14.8 Å². The first kappa shape index (κ1) is 12.0. The molecule has 2 heterocycles. The molecule has 18 heavy (non-hydrogen) atoms. The van der Waals surface area contributed by atoms with Gasteiger partial charge in [0.05, 0.1) is 5.56 Å². The zero-order valence-corrected chi connectivity index (χ0v) is 9.94. The van der Waals surface area contributed by atoms with E-state index >= 15 is 0 Å². The molecule has 0 atom stereocenters. The van der Waals surface area contributed by atoms with Crippen molar-refractivity contribution in [2.45, 2.75) is 0 Å². The summed E-state index contributed by atoms with van der Waals surface area (Å²) in [5, 5.41) is 9.06. The van der Waals surface area contributed by atoms with E-state index in [1.165, 1.54) is 24.0 Å². The Kier molecular flexibility index (Phi) is 3.22. The molecule has 2 aromatic heterocycles. The van der Waals surface area contributed by atoms with Crippen LogP contribution < -0.4 is 10.6 Å². The SMILES string of the molecule is CNc1nccc(C(=O)Nc2ccn(C)n2)c1F. The highest BCUT2D eigenvalue weighted by Gasteiger charge is 2.16.